The number of hydrogen-bond donors (Lipinski definition) is 2. The van der Waals surface area contributed by atoms with E-state index in [0.29, 0.717) is 0 Å². The van der Waals surface area contributed by atoms with E-state index >= 15 is 0 Å². The van der Waals surface area contributed by atoms with Gasteiger partial charge in [-0.05, 0) is 34.9 Å². The molecule has 0 radical (unpaired) electrons. The van der Waals surface area contributed by atoms with Gasteiger partial charge in [0.2, 0.25) is 0 Å². The number of para-hydroxylation sites is 2. The Morgan fingerprint density at radius 2 is 1.95 bits per heavy atom. The standard InChI is InChI=1S/C17H18N2S/c1-2-20-16-9-4-3-8-15(16)19-12-14-7-5-6-13-10-11-18-17(13)14/h3-11,18-19H,2,12H2,1H3. The van der Waals surface area contributed by atoms with Crippen molar-refractivity contribution in [1.82, 2.24) is 4.98 Å². The van der Waals surface area contributed by atoms with Gasteiger partial charge in [-0.3, -0.25) is 0 Å². The quantitative estimate of drug-likeness (QED) is 0.652. The number of hydrogen-bond acceptors (Lipinski definition) is 2. The number of nitrogens with one attached hydrogen (secondary N) is 2. The zero-order chi connectivity index (χ0) is 13.8. The predicted molar refractivity (Wildman–Crippen MR) is 88.5 cm³/mol. The molecule has 20 heavy (non-hydrogen) atoms. The molecule has 0 aliphatic rings. The fraction of sp³-hybridized carbons (Fsp3) is 0.176. The van der Waals surface area contributed by atoms with Gasteiger partial charge in [-0.2, -0.15) is 0 Å². The zero-order valence-electron chi connectivity index (χ0n) is 11.5. The third-order valence-electron chi connectivity index (χ3n) is 3.33. The largest absolute Gasteiger partial charge is 0.380 e. The Bertz CT molecular complexity index is 703. The second kappa shape index (κ2) is 6.06. The third-order valence-corrected chi connectivity index (χ3v) is 4.29. The van der Waals surface area contributed by atoms with Crippen LogP contribution in [0, 0.1) is 0 Å². The van der Waals surface area contributed by atoms with Gasteiger partial charge < -0.3 is 10.3 Å². The number of rotatable bonds is 5. The minimum atomic E-state index is 0.832. The number of anilines is 1. The summed E-state index contributed by atoms with van der Waals surface area (Å²) in [5.41, 5.74) is 3.73. The predicted octanol–water partition coefficient (Wildman–Crippen LogP) is 4.89. The third kappa shape index (κ3) is 2.68. The minimum Gasteiger partial charge on any atom is -0.380 e. The van der Waals surface area contributed by atoms with Gasteiger partial charge in [-0.15, -0.1) is 11.8 Å². The fourth-order valence-electron chi connectivity index (χ4n) is 2.38. The molecule has 1 heterocycles. The summed E-state index contributed by atoms with van der Waals surface area (Å²) >= 11 is 1.87. The van der Waals surface area contributed by atoms with Gasteiger partial charge in [0.25, 0.3) is 0 Å². The average Bonchev–Trinajstić information content (AvgIpc) is 2.96. The van der Waals surface area contributed by atoms with E-state index in [4.69, 9.17) is 0 Å². The first-order valence-corrected chi connectivity index (χ1v) is 7.87. The Labute approximate surface area is 123 Å². The lowest BCUT2D eigenvalue weighted by Crippen LogP contribution is -2.01. The summed E-state index contributed by atoms with van der Waals surface area (Å²) < 4.78 is 0. The summed E-state index contributed by atoms with van der Waals surface area (Å²) in [5, 5.41) is 4.82. The average molecular weight is 282 g/mol. The lowest BCUT2D eigenvalue weighted by Gasteiger charge is -2.11. The van der Waals surface area contributed by atoms with Crippen LogP contribution in [0.4, 0.5) is 5.69 Å². The molecule has 0 saturated carbocycles. The van der Waals surface area contributed by atoms with Gasteiger partial charge in [0.1, 0.15) is 0 Å². The van der Waals surface area contributed by atoms with Crippen molar-refractivity contribution in [2.75, 3.05) is 11.1 Å². The highest BCUT2D eigenvalue weighted by atomic mass is 32.2. The second-order valence-electron chi connectivity index (χ2n) is 4.64. The van der Waals surface area contributed by atoms with E-state index in [2.05, 4.69) is 65.8 Å². The van der Waals surface area contributed by atoms with Crippen LogP contribution in [-0.2, 0) is 6.54 Å². The maximum Gasteiger partial charge on any atom is 0.0504 e. The molecule has 0 bridgehead atoms. The van der Waals surface area contributed by atoms with Crippen molar-refractivity contribution < 1.29 is 0 Å². The van der Waals surface area contributed by atoms with Crippen LogP contribution < -0.4 is 5.32 Å². The summed E-state index contributed by atoms with van der Waals surface area (Å²) in [5.74, 6) is 1.09. The first-order chi connectivity index (χ1) is 9.88. The normalized spacial score (nSPS) is 10.8. The first-order valence-electron chi connectivity index (χ1n) is 6.89. The lowest BCUT2D eigenvalue weighted by atomic mass is 10.1. The van der Waals surface area contributed by atoms with Crippen LogP contribution in [0.25, 0.3) is 10.9 Å². The van der Waals surface area contributed by atoms with Crippen molar-refractivity contribution in [3.63, 3.8) is 0 Å². The smallest absolute Gasteiger partial charge is 0.0504 e. The number of aromatic nitrogens is 1. The molecule has 0 amide bonds. The highest BCUT2D eigenvalue weighted by Crippen LogP contribution is 2.27. The molecule has 1 aromatic heterocycles. The number of fused-ring (bicyclic) bond motifs is 1. The van der Waals surface area contributed by atoms with Crippen LogP contribution in [0.2, 0.25) is 0 Å². The topological polar surface area (TPSA) is 27.8 Å². The van der Waals surface area contributed by atoms with Gasteiger partial charge in [0, 0.05) is 23.3 Å². The van der Waals surface area contributed by atoms with Gasteiger partial charge >= 0.3 is 0 Å². The SMILES string of the molecule is CCSc1ccccc1NCc1cccc2cc[nH]c12. The summed E-state index contributed by atoms with van der Waals surface area (Å²) in [4.78, 5) is 4.63. The fourth-order valence-corrected chi connectivity index (χ4v) is 3.16. The Hall–Kier alpha value is -1.87. The zero-order valence-corrected chi connectivity index (χ0v) is 12.3. The van der Waals surface area contributed by atoms with E-state index < -0.39 is 0 Å². The molecule has 2 aromatic carbocycles. The van der Waals surface area contributed by atoms with E-state index in [1.165, 1.54) is 27.0 Å². The molecule has 3 heteroatoms. The molecule has 2 N–H and O–H groups in total. The molecular weight excluding hydrogens is 264 g/mol. The molecule has 0 atom stereocenters. The van der Waals surface area contributed by atoms with Crippen LogP contribution in [0.5, 0.6) is 0 Å². The molecular formula is C17H18N2S. The van der Waals surface area contributed by atoms with Crippen LogP contribution in [0.15, 0.2) is 59.6 Å². The Morgan fingerprint density at radius 3 is 2.85 bits per heavy atom. The van der Waals surface area contributed by atoms with Gasteiger partial charge in [-0.25, -0.2) is 0 Å². The number of aromatic amines is 1. The number of thioether (sulfide) groups is 1. The highest BCUT2D eigenvalue weighted by Gasteiger charge is 2.04. The van der Waals surface area contributed by atoms with E-state index in [0.717, 1.165) is 12.3 Å². The van der Waals surface area contributed by atoms with Crippen molar-refractivity contribution in [1.29, 1.82) is 0 Å². The van der Waals surface area contributed by atoms with Gasteiger partial charge in [0.15, 0.2) is 0 Å². The summed E-state index contributed by atoms with van der Waals surface area (Å²) in [6.07, 6.45) is 2.00. The van der Waals surface area contributed by atoms with E-state index in [1.54, 1.807) is 0 Å². The van der Waals surface area contributed by atoms with Crippen LogP contribution in [0.1, 0.15) is 12.5 Å². The van der Waals surface area contributed by atoms with Crippen molar-refractivity contribution in [3.8, 4) is 0 Å². The summed E-state index contributed by atoms with van der Waals surface area (Å²) in [7, 11) is 0. The van der Waals surface area contributed by atoms with Crippen LogP contribution >= 0.6 is 11.8 Å². The van der Waals surface area contributed by atoms with Crippen molar-refractivity contribution >= 4 is 28.4 Å². The molecule has 3 rings (SSSR count). The molecule has 0 fully saturated rings. The Kier molecular flexibility index (Phi) is 3.97. The molecule has 2 nitrogen and oxygen atoms in total. The molecule has 102 valence electrons. The molecule has 0 saturated heterocycles. The van der Waals surface area contributed by atoms with Crippen LogP contribution in [0.3, 0.4) is 0 Å². The van der Waals surface area contributed by atoms with E-state index in [1.807, 2.05) is 18.0 Å². The summed E-state index contributed by atoms with van der Waals surface area (Å²) in [6.45, 7) is 3.01. The maximum absolute atomic E-state index is 3.56. The van der Waals surface area contributed by atoms with E-state index in [-0.39, 0.29) is 0 Å². The van der Waals surface area contributed by atoms with Gasteiger partial charge in [-0.1, -0.05) is 37.3 Å². The van der Waals surface area contributed by atoms with E-state index in [9.17, 15) is 0 Å². The number of benzene rings is 2. The van der Waals surface area contributed by atoms with Crippen molar-refractivity contribution in [2.24, 2.45) is 0 Å². The van der Waals surface area contributed by atoms with Crippen molar-refractivity contribution in [3.05, 3.63) is 60.3 Å². The van der Waals surface area contributed by atoms with Crippen molar-refractivity contribution in [2.45, 2.75) is 18.4 Å². The molecule has 0 aliphatic carbocycles. The minimum absolute atomic E-state index is 0.832. The maximum atomic E-state index is 3.56. The first kappa shape index (κ1) is 13.1. The summed E-state index contributed by atoms with van der Waals surface area (Å²) in [6, 6.07) is 17.0. The lowest BCUT2D eigenvalue weighted by molar-refractivity contribution is 1.14. The second-order valence-corrected chi connectivity index (χ2v) is 5.95. The number of H-pyrrole nitrogens is 1. The van der Waals surface area contributed by atoms with Gasteiger partial charge in [0.05, 0.1) is 5.52 Å². The Morgan fingerprint density at radius 1 is 1.05 bits per heavy atom. The molecule has 0 unspecified atom stereocenters. The molecule has 0 aliphatic heterocycles. The molecule has 3 aromatic rings. The highest BCUT2D eigenvalue weighted by molar-refractivity contribution is 7.99. The monoisotopic (exact) mass is 282 g/mol. The van der Waals surface area contributed by atoms with Crippen LogP contribution in [-0.4, -0.2) is 10.7 Å². The Balaban J connectivity index is 1.81. The molecule has 0 spiro atoms.